The number of aromatic nitrogens is 4. The fourth-order valence-corrected chi connectivity index (χ4v) is 4.22. The number of likely N-dealkylation sites (tertiary alicyclic amines) is 1. The average molecular weight is 412 g/mol. The number of H-pyrrole nitrogens is 1. The molecule has 1 aliphatic rings. The smallest absolute Gasteiger partial charge is 0.116 e. The Labute approximate surface area is 176 Å². The SMILES string of the molecule is CC(C)(O)CN1CCC(c2[nH]nc(-c3ccc(Cl)cc3)c2-c2ccncn2)CC1. The van der Waals surface area contributed by atoms with Gasteiger partial charge in [-0.1, -0.05) is 23.7 Å². The number of rotatable bonds is 5. The van der Waals surface area contributed by atoms with Crippen molar-refractivity contribution in [3.05, 3.63) is 53.6 Å². The minimum Gasteiger partial charge on any atom is -0.389 e. The fourth-order valence-electron chi connectivity index (χ4n) is 4.09. The van der Waals surface area contributed by atoms with Gasteiger partial charge in [0.05, 0.1) is 11.3 Å². The minimum absolute atomic E-state index is 0.367. The molecule has 29 heavy (non-hydrogen) atoms. The van der Waals surface area contributed by atoms with E-state index in [0.717, 1.165) is 54.1 Å². The van der Waals surface area contributed by atoms with E-state index in [4.69, 9.17) is 11.6 Å². The molecule has 2 N–H and O–H groups in total. The second-order valence-electron chi connectivity index (χ2n) is 8.33. The molecule has 3 heterocycles. The van der Waals surface area contributed by atoms with E-state index in [-0.39, 0.29) is 0 Å². The van der Waals surface area contributed by atoms with Crippen molar-refractivity contribution >= 4 is 11.6 Å². The highest BCUT2D eigenvalue weighted by Gasteiger charge is 2.29. The number of nitrogens with one attached hydrogen (secondary N) is 1. The van der Waals surface area contributed by atoms with Crippen molar-refractivity contribution in [1.29, 1.82) is 0 Å². The lowest BCUT2D eigenvalue weighted by Gasteiger charge is -2.35. The maximum atomic E-state index is 10.1. The van der Waals surface area contributed by atoms with E-state index in [1.165, 1.54) is 0 Å². The molecule has 6 nitrogen and oxygen atoms in total. The summed E-state index contributed by atoms with van der Waals surface area (Å²) in [5.41, 5.74) is 4.24. The summed E-state index contributed by atoms with van der Waals surface area (Å²) in [6.45, 7) is 6.32. The van der Waals surface area contributed by atoms with E-state index in [0.29, 0.717) is 17.5 Å². The molecule has 7 heteroatoms. The molecule has 3 aromatic rings. The van der Waals surface area contributed by atoms with Crippen molar-refractivity contribution in [2.75, 3.05) is 19.6 Å². The number of aliphatic hydroxyl groups is 1. The second kappa shape index (κ2) is 8.22. The Morgan fingerprint density at radius 2 is 1.90 bits per heavy atom. The third-order valence-electron chi connectivity index (χ3n) is 5.36. The van der Waals surface area contributed by atoms with Crippen LogP contribution in [0.4, 0.5) is 0 Å². The van der Waals surface area contributed by atoms with Crippen molar-refractivity contribution in [1.82, 2.24) is 25.1 Å². The molecule has 1 saturated heterocycles. The zero-order valence-electron chi connectivity index (χ0n) is 16.8. The molecular formula is C22H26ClN5O. The van der Waals surface area contributed by atoms with Crippen LogP contribution in [0, 0.1) is 0 Å². The molecule has 0 aliphatic carbocycles. The first-order chi connectivity index (χ1) is 13.9. The molecule has 1 aliphatic heterocycles. The zero-order valence-corrected chi connectivity index (χ0v) is 17.5. The summed E-state index contributed by atoms with van der Waals surface area (Å²) >= 11 is 6.07. The van der Waals surface area contributed by atoms with E-state index < -0.39 is 5.60 Å². The highest BCUT2D eigenvalue weighted by molar-refractivity contribution is 6.30. The molecule has 1 aromatic carbocycles. The highest BCUT2D eigenvalue weighted by atomic mass is 35.5. The standard InChI is InChI=1S/C22H26ClN5O/c1-22(2,29)13-28-11-8-16(9-12-28)21-19(18-7-10-24-14-25-18)20(26-27-21)15-3-5-17(23)6-4-15/h3-7,10,14,16,29H,8-9,11-13H2,1-2H3,(H,26,27). The molecule has 0 bridgehead atoms. The molecule has 0 spiro atoms. The number of hydrogen-bond acceptors (Lipinski definition) is 5. The lowest BCUT2D eigenvalue weighted by molar-refractivity contribution is 0.0280. The third kappa shape index (κ3) is 4.66. The van der Waals surface area contributed by atoms with Gasteiger partial charge < -0.3 is 10.0 Å². The monoisotopic (exact) mass is 411 g/mol. The van der Waals surface area contributed by atoms with Crippen LogP contribution in [0.5, 0.6) is 0 Å². The average Bonchev–Trinajstić information content (AvgIpc) is 3.14. The van der Waals surface area contributed by atoms with Gasteiger partial charge in [-0.25, -0.2) is 9.97 Å². The summed E-state index contributed by atoms with van der Waals surface area (Å²) < 4.78 is 0. The maximum Gasteiger partial charge on any atom is 0.116 e. The predicted molar refractivity (Wildman–Crippen MR) is 115 cm³/mol. The number of nitrogens with zero attached hydrogens (tertiary/aromatic N) is 4. The van der Waals surface area contributed by atoms with Crippen LogP contribution in [0.2, 0.25) is 5.02 Å². The first-order valence-electron chi connectivity index (χ1n) is 9.96. The molecular weight excluding hydrogens is 386 g/mol. The van der Waals surface area contributed by atoms with Crippen molar-refractivity contribution in [3.8, 4) is 22.5 Å². The Morgan fingerprint density at radius 1 is 1.17 bits per heavy atom. The Hall–Kier alpha value is -2.28. The predicted octanol–water partition coefficient (Wildman–Crippen LogP) is 4.14. The molecule has 152 valence electrons. The summed E-state index contributed by atoms with van der Waals surface area (Å²) in [4.78, 5) is 10.9. The zero-order chi connectivity index (χ0) is 20.4. The lowest BCUT2D eigenvalue weighted by atomic mass is 9.88. The molecule has 2 aromatic heterocycles. The molecule has 0 saturated carbocycles. The van der Waals surface area contributed by atoms with Gasteiger partial charge in [0.15, 0.2) is 0 Å². The molecule has 0 radical (unpaired) electrons. The number of halogens is 1. The lowest BCUT2D eigenvalue weighted by Crippen LogP contribution is -2.42. The van der Waals surface area contributed by atoms with E-state index in [1.807, 2.05) is 44.2 Å². The highest BCUT2D eigenvalue weighted by Crippen LogP contribution is 2.39. The van der Waals surface area contributed by atoms with Gasteiger partial charge in [-0.2, -0.15) is 5.10 Å². The van der Waals surface area contributed by atoms with Crippen molar-refractivity contribution in [2.24, 2.45) is 0 Å². The normalized spacial score (nSPS) is 16.3. The summed E-state index contributed by atoms with van der Waals surface area (Å²) in [7, 11) is 0. The van der Waals surface area contributed by atoms with Crippen LogP contribution in [-0.2, 0) is 0 Å². The fraction of sp³-hybridized carbons (Fsp3) is 0.409. The van der Waals surface area contributed by atoms with Gasteiger partial charge in [0.1, 0.15) is 12.0 Å². The number of benzene rings is 1. The van der Waals surface area contributed by atoms with Gasteiger partial charge in [0, 0.05) is 40.5 Å². The van der Waals surface area contributed by atoms with E-state index in [9.17, 15) is 5.11 Å². The summed E-state index contributed by atoms with van der Waals surface area (Å²) in [5.74, 6) is 0.367. The second-order valence-corrected chi connectivity index (χ2v) is 8.76. The Balaban J connectivity index is 1.65. The minimum atomic E-state index is -0.672. The van der Waals surface area contributed by atoms with Crippen LogP contribution in [0.15, 0.2) is 42.9 Å². The van der Waals surface area contributed by atoms with Crippen LogP contribution in [0.1, 0.15) is 38.3 Å². The van der Waals surface area contributed by atoms with E-state index in [2.05, 4.69) is 25.1 Å². The molecule has 0 atom stereocenters. The Kier molecular flexibility index (Phi) is 5.67. The largest absolute Gasteiger partial charge is 0.389 e. The summed E-state index contributed by atoms with van der Waals surface area (Å²) in [6.07, 6.45) is 5.35. The summed E-state index contributed by atoms with van der Waals surface area (Å²) in [6, 6.07) is 9.66. The molecule has 4 rings (SSSR count). The van der Waals surface area contributed by atoms with E-state index >= 15 is 0 Å². The van der Waals surface area contributed by atoms with Gasteiger partial charge in [0.2, 0.25) is 0 Å². The van der Waals surface area contributed by atoms with Gasteiger partial charge in [-0.05, 0) is 58.0 Å². The van der Waals surface area contributed by atoms with Crippen LogP contribution < -0.4 is 0 Å². The van der Waals surface area contributed by atoms with Gasteiger partial charge in [0.25, 0.3) is 0 Å². The van der Waals surface area contributed by atoms with Crippen LogP contribution in [0.25, 0.3) is 22.5 Å². The first-order valence-corrected chi connectivity index (χ1v) is 10.3. The Bertz CT molecular complexity index is 942. The van der Waals surface area contributed by atoms with Crippen molar-refractivity contribution < 1.29 is 5.11 Å². The van der Waals surface area contributed by atoms with Crippen LogP contribution >= 0.6 is 11.6 Å². The summed E-state index contributed by atoms with van der Waals surface area (Å²) in [5, 5.41) is 18.8. The molecule has 0 unspecified atom stereocenters. The number of piperidine rings is 1. The van der Waals surface area contributed by atoms with Gasteiger partial charge >= 0.3 is 0 Å². The molecule has 1 fully saturated rings. The first kappa shape index (κ1) is 20.0. The van der Waals surface area contributed by atoms with Gasteiger partial charge in [-0.3, -0.25) is 5.10 Å². The quantitative estimate of drug-likeness (QED) is 0.659. The van der Waals surface area contributed by atoms with Gasteiger partial charge in [-0.15, -0.1) is 0 Å². The number of hydrogen-bond donors (Lipinski definition) is 2. The molecule has 0 amide bonds. The third-order valence-corrected chi connectivity index (χ3v) is 5.61. The van der Waals surface area contributed by atoms with Crippen molar-refractivity contribution in [2.45, 2.75) is 38.2 Å². The van der Waals surface area contributed by atoms with Crippen molar-refractivity contribution in [3.63, 3.8) is 0 Å². The Morgan fingerprint density at radius 3 is 2.52 bits per heavy atom. The van der Waals surface area contributed by atoms with Crippen LogP contribution in [-0.4, -0.2) is 55.4 Å². The number of aromatic amines is 1. The topological polar surface area (TPSA) is 77.9 Å². The number of β-amino-alcohol motifs (C(OH)–C–C–N with tert-alkyl or cyclic N) is 1. The van der Waals surface area contributed by atoms with Crippen LogP contribution in [0.3, 0.4) is 0 Å². The van der Waals surface area contributed by atoms with E-state index in [1.54, 1.807) is 12.5 Å². The maximum absolute atomic E-state index is 10.1.